The van der Waals surface area contributed by atoms with Crippen LogP contribution < -0.4 is 10.5 Å². The second kappa shape index (κ2) is 4.54. The van der Waals surface area contributed by atoms with Crippen molar-refractivity contribution in [2.45, 2.75) is 4.90 Å². The fraction of sp³-hybridized carbons (Fsp3) is 0.125. The first-order valence-electron chi connectivity index (χ1n) is 4.06. The lowest BCUT2D eigenvalue weighted by atomic mass is 10.3. The fourth-order valence-corrected chi connectivity index (χ4v) is 1.90. The number of benzene rings is 1. The lowest BCUT2D eigenvalue weighted by Crippen LogP contribution is -2.33. The van der Waals surface area contributed by atoms with Gasteiger partial charge in [-0.1, -0.05) is 0 Å². The molecule has 0 aliphatic carbocycles. The molecule has 1 amide bonds. The van der Waals surface area contributed by atoms with Crippen LogP contribution in [0.4, 0.5) is 8.78 Å². The average Bonchev–Trinajstić information content (AvgIpc) is 2.19. The van der Waals surface area contributed by atoms with Crippen molar-refractivity contribution in [1.82, 2.24) is 4.72 Å². The second-order valence-corrected chi connectivity index (χ2v) is 4.63. The number of halogens is 2. The Labute approximate surface area is 90.3 Å². The molecule has 0 fully saturated rings. The Bertz CT molecular complexity index is 516. The van der Waals surface area contributed by atoms with Gasteiger partial charge in [0.2, 0.25) is 15.9 Å². The number of carbonyl (C=O) groups excluding carboxylic acids is 1. The molecule has 0 aliphatic rings. The molecule has 5 nitrogen and oxygen atoms in total. The molecule has 3 N–H and O–H groups in total. The third-order valence-electron chi connectivity index (χ3n) is 1.64. The summed E-state index contributed by atoms with van der Waals surface area (Å²) in [7, 11) is -4.05. The van der Waals surface area contributed by atoms with Crippen LogP contribution in [0.5, 0.6) is 0 Å². The first kappa shape index (κ1) is 12.5. The standard InChI is InChI=1S/C8H8F2N2O3S/c9-6-2-1-5(3-7(6)10)16(14,15)12-4-8(11)13/h1-3,12H,4H2,(H2,11,13). The summed E-state index contributed by atoms with van der Waals surface area (Å²) >= 11 is 0. The van der Waals surface area contributed by atoms with Crippen molar-refractivity contribution in [2.75, 3.05) is 6.54 Å². The van der Waals surface area contributed by atoms with Gasteiger partial charge in [0.1, 0.15) is 0 Å². The molecular formula is C8H8F2N2O3S. The van der Waals surface area contributed by atoms with Crippen LogP contribution in [-0.4, -0.2) is 20.9 Å². The van der Waals surface area contributed by atoms with Crippen LogP contribution in [0.2, 0.25) is 0 Å². The summed E-state index contributed by atoms with van der Waals surface area (Å²) < 4.78 is 49.9. The zero-order valence-corrected chi connectivity index (χ0v) is 8.72. The van der Waals surface area contributed by atoms with Crippen molar-refractivity contribution in [3.63, 3.8) is 0 Å². The molecule has 0 spiro atoms. The van der Waals surface area contributed by atoms with Crippen molar-refractivity contribution in [2.24, 2.45) is 5.73 Å². The molecule has 1 aromatic carbocycles. The van der Waals surface area contributed by atoms with Gasteiger partial charge in [0.15, 0.2) is 11.6 Å². The van der Waals surface area contributed by atoms with Crippen molar-refractivity contribution in [3.05, 3.63) is 29.8 Å². The van der Waals surface area contributed by atoms with Crippen LogP contribution in [0.1, 0.15) is 0 Å². The highest BCUT2D eigenvalue weighted by molar-refractivity contribution is 7.89. The van der Waals surface area contributed by atoms with Gasteiger partial charge >= 0.3 is 0 Å². The van der Waals surface area contributed by atoms with E-state index in [1.54, 1.807) is 0 Å². The smallest absolute Gasteiger partial charge is 0.241 e. The van der Waals surface area contributed by atoms with Crippen LogP contribution in [0, 0.1) is 11.6 Å². The third-order valence-corrected chi connectivity index (χ3v) is 3.04. The molecule has 0 aromatic heterocycles. The molecule has 0 atom stereocenters. The maximum atomic E-state index is 12.7. The highest BCUT2D eigenvalue weighted by Crippen LogP contribution is 2.13. The number of carbonyl (C=O) groups is 1. The van der Waals surface area contributed by atoms with Crippen molar-refractivity contribution in [3.8, 4) is 0 Å². The van der Waals surface area contributed by atoms with E-state index in [1.165, 1.54) is 0 Å². The number of amides is 1. The normalized spacial score (nSPS) is 11.4. The van der Waals surface area contributed by atoms with E-state index in [1.807, 2.05) is 4.72 Å². The number of rotatable bonds is 4. The number of hydrogen-bond acceptors (Lipinski definition) is 3. The minimum atomic E-state index is -4.05. The van der Waals surface area contributed by atoms with Crippen molar-refractivity contribution in [1.29, 1.82) is 0 Å². The van der Waals surface area contributed by atoms with Gasteiger partial charge < -0.3 is 5.73 Å². The summed E-state index contributed by atoms with van der Waals surface area (Å²) in [5.41, 5.74) is 4.73. The van der Waals surface area contributed by atoms with Crippen molar-refractivity contribution < 1.29 is 22.0 Å². The molecule has 0 unspecified atom stereocenters. The minimum Gasteiger partial charge on any atom is -0.369 e. The molecule has 16 heavy (non-hydrogen) atoms. The predicted molar refractivity (Wildman–Crippen MR) is 50.7 cm³/mol. The van der Waals surface area contributed by atoms with Gasteiger partial charge in [-0.15, -0.1) is 0 Å². The van der Waals surface area contributed by atoms with E-state index >= 15 is 0 Å². The van der Waals surface area contributed by atoms with Crippen molar-refractivity contribution >= 4 is 15.9 Å². The quantitative estimate of drug-likeness (QED) is 0.770. The first-order valence-corrected chi connectivity index (χ1v) is 5.54. The molecule has 88 valence electrons. The molecule has 0 aliphatic heterocycles. The molecule has 1 rings (SSSR count). The van der Waals surface area contributed by atoms with Crippen LogP contribution >= 0.6 is 0 Å². The monoisotopic (exact) mass is 250 g/mol. The zero-order chi connectivity index (χ0) is 12.3. The summed E-state index contributed by atoms with van der Waals surface area (Å²) in [5, 5.41) is 0. The fourth-order valence-electron chi connectivity index (χ4n) is 0.893. The van der Waals surface area contributed by atoms with Gasteiger partial charge in [-0.25, -0.2) is 21.9 Å². The van der Waals surface area contributed by atoms with Crippen LogP contribution in [0.3, 0.4) is 0 Å². The van der Waals surface area contributed by atoms with E-state index in [9.17, 15) is 22.0 Å². The summed E-state index contributed by atoms with van der Waals surface area (Å²) in [5.74, 6) is -3.33. The highest BCUT2D eigenvalue weighted by atomic mass is 32.2. The molecule has 0 saturated carbocycles. The summed E-state index contributed by atoms with van der Waals surface area (Å²) in [6.07, 6.45) is 0. The largest absolute Gasteiger partial charge is 0.369 e. The molecule has 0 radical (unpaired) electrons. The Morgan fingerprint density at radius 1 is 1.31 bits per heavy atom. The van der Waals surface area contributed by atoms with E-state index in [4.69, 9.17) is 5.73 Å². The maximum Gasteiger partial charge on any atom is 0.241 e. The first-order chi connectivity index (χ1) is 7.33. The van der Waals surface area contributed by atoms with Gasteiger partial charge in [0.05, 0.1) is 11.4 Å². The summed E-state index contributed by atoms with van der Waals surface area (Å²) in [6.45, 7) is -0.610. The Balaban J connectivity index is 2.99. The Kier molecular flexibility index (Phi) is 3.55. The van der Waals surface area contributed by atoms with E-state index < -0.39 is 39.0 Å². The van der Waals surface area contributed by atoms with E-state index in [0.717, 1.165) is 6.07 Å². The zero-order valence-electron chi connectivity index (χ0n) is 7.91. The third kappa shape index (κ3) is 2.97. The van der Waals surface area contributed by atoms with E-state index in [-0.39, 0.29) is 0 Å². The molecule has 0 heterocycles. The number of sulfonamides is 1. The SMILES string of the molecule is NC(=O)CNS(=O)(=O)c1ccc(F)c(F)c1. The summed E-state index contributed by atoms with van der Waals surface area (Å²) in [6, 6.07) is 2.06. The van der Waals surface area contributed by atoms with Crippen LogP contribution in [0.25, 0.3) is 0 Å². The Hall–Kier alpha value is -1.54. The van der Waals surface area contributed by atoms with E-state index in [2.05, 4.69) is 0 Å². The second-order valence-electron chi connectivity index (χ2n) is 2.87. The Morgan fingerprint density at radius 3 is 2.44 bits per heavy atom. The predicted octanol–water partition coefficient (Wildman–Crippen LogP) is -0.272. The van der Waals surface area contributed by atoms with Gasteiger partial charge in [-0.05, 0) is 18.2 Å². The lowest BCUT2D eigenvalue weighted by molar-refractivity contribution is -0.116. The molecule has 8 heteroatoms. The summed E-state index contributed by atoms with van der Waals surface area (Å²) in [4.78, 5) is 9.88. The van der Waals surface area contributed by atoms with Gasteiger partial charge in [0.25, 0.3) is 0 Å². The van der Waals surface area contributed by atoms with Gasteiger partial charge in [0, 0.05) is 0 Å². The lowest BCUT2D eigenvalue weighted by Gasteiger charge is -2.04. The maximum absolute atomic E-state index is 12.7. The van der Waals surface area contributed by atoms with Gasteiger partial charge in [-0.2, -0.15) is 0 Å². The number of hydrogen-bond donors (Lipinski definition) is 2. The molecular weight excluding hydrogens is 242 g/mol. The van der Waals surface area contributed by atoms with Gasteiger partial charge in [-0.3, -0.25) is 4.79 Å². The molecule has 1 aromatic rings. The Morgan fingerprint density at radius 2 is 1.94 bits per heavy atom. The average molecular weight is 250 g/mol. The van der Waals surface area contributed by atoms with Crippen LogP contribution in [-0.2, 0) is 14.8 Å². The number of nitrogens with one attached hydrogen (secondary N) is 1. The van der Waals surface area contributed by atoms with Crippen LogP contribution in [0.15, 0.2) is 23.1 Å². The number of primary amides is 1. The number of nitrogens with two attached hydrogens (primary N) is 1. The minimum absolute atomic E-state index is 0.479. The molecule has 0 bridgehead atoms. The highest BCUT2D eigenvalue weighted by Gasteiger charge is 2.16. The molecule has 0 saturated heterocycles. The topological polar surface area (TPSA) is 89.3 Å². The van der Waals surface area contributed by atoms with E-state index in [0.29, 0.717) is 12.1 Å².